The first kappa shape index (κ1) is 24.7. The van der Waals surface area contributed by atoms with Gasteiger partial charge >= 0.3 is 0 Å². The molecule has 0 spiro atoms. The van der Waals surface area contributed by atoms with Crippen LogP contribution in [0.1, 0.15) is 46.7 Å². The molecule has 188 valence electrons. The molecular formula is C26H28BrN5O3S. The zero-order chi connectivity index (χ0) is 24.9. The fraction of sp³-hybridized carbons (Fsp3) is 0.385. The SMILES string of the molecule is O=C(N[C@@H](CC1CCCC1)C(=O)Nc1cccnc1)c1ccc(CN2CCOc3ncc(Br)cc32)s1. The van der Waals surface area contributed by atoms with Crippen LogP contribution in [0, 0.1) is 5.92 Å². The minimum Gasteiger partial charge on any atom is -0.474 e. The Morgan fingerprint density at radius 3 is 2.89 bits per heavy atom. The lowest BCUT2D eigenvalue weighted by Gasteiger charge is -2.30. The molecule has 1 atom stereocenters. The second-order valence-corrected chi connectivity index (χ2v) is 11.2. The highest BCUT2D eigenvalue weighted by Gasteiger charge is 2.28. The van der Waals surface area contributed by atoms with Gasteiger partial charge in [-0.1, -0.05) is 25.7 Å². The van der Waals surface area contributed by atoms with Gasteiger partial charge in [0, 0.05) is 21.7 Å². The number of fused-ring (bicyclic) bond motifs is 1. The van der Waals surface area contributed by atoms with Gasteiger partial charge in [0.15, 0.2) is 0 Å². The molecule has 2 aliphatic rings. The molecular weight excluding hydrogens is 542 g/mol. The molecule has 3 aromatic rings. The molecule has 0 unspecified atom stereocenters. The smallest absolute Gasteiger partial charge is 0.262 e. The van der Waals surface area contributed by atoms with Gasteiger partial charge < -0.3 is 20.3 Å². The summed E-state index contributed by atoms with van der Waals surface area (Å²) in [6.07, 6.45) is 10.2. The summed E-state index contributed by atoms with van der Waals surface area (Å²) in [6.45, 7) is 1.96. The highest BCUT2D eigenvalue weighted by atomic mass is 79.9. The van der Waals surface area contributed by atoms with E-state index in [1.165, 1.54) is 24.2 Å². The number of thiophene rings is 1. The summed E-state index contributed by atoms with van der Waals surface area (Å²) in [5.74, 6) is 0.641. The molecule has 5 rings (SSSR count). The highest BCUT2D eigenvalue weighted by molar-refractivity contribution is 9.10. The number of nitrogens with one attached hydrogen (secondary N) is 2. The van der Waals surface area contributed by atoms with E-state index < -0.39 is 6.04 Å². The van der Waals surface area contributed by atoms with E-state index in [2.05, 4.69) is 41.4 Å². The van der Waals surface area contributed by atoms with Crippen LogP contribution >= 0.6 is 27.3 Å². The third kappa shape index (κ3) is 6.04. The number of nitrogens with zero attached hydrogens (tertiary/aromatic N) is 3. The summed E-state index contributed by atoms with van der Waals surface area (Å²) < 4.78 is 6.57. The van der Waals surface area contributed by atoms with Crippen molar-refractivity contribution in [2.45, 2.75) is 44.7 Å². The van der Waals surface area contributed by atoms with Crippen molar-refractivity contribution >= 4 is 50.5 Å². The summed E-state index contributed by atoms with van der Waals surface area (Å²) in [5, 5.41) is 5.91. The van der Waals surface area contributed by atoms with Crippen LogP contribution in [-0.4, -0.2) is 41.0 Å². The van der Waals surface area contributed by atoms with E-state index in [-0.39, 0.29) is 11.8 Å². The van der Waals surface area contributed by atoms with Gasteiger partial charge in [-0.2, -0.15) is 0 Å². The number of ether oxygens (including phenoxy) is 1. The summed E-state index contributed by atoms with van der Waals surface area (Å²) in [5.41, 5.74) is 1.55. The van der Waals surface area contributed by atoms with Crippen LogP contribution in [0.15, 0.2) is 53.4 Å². The van der Waals surface area contributed by atoms with Crippen LogP contribution in [0.25, 0.3) is 0 Å². The molecule has 1 fully saturated rings. The van der Waals surface area contributed by atoms with Crippen molar-refractivity contribution in [2.24, 2.45) is 5.92 Å². The first-order chi connectivity index (χ1) is 17.5. The van der Waals surface area contributed by atoms with E-state index in [1.54, 1.807) is 30.7 Å². The topological polar surface area (TPSA) is 96.5 Å². The van der Waals surface area contributed by atoms with E-state index in [1.807, 2.05) is 18.2 Å². The number of halogens is 1. The van der Waals surface area contributed by atoms with E-state index in [9.17, 15) is 9.59 Å². The van der Waals surface area contributed by atoms with Crippen molar-refractivity contribution in [3.8, 4) is 5.88 Å². The van der Waals surface area contributed by atoms with Crippen molar-refractivity contribution < 1.29 is 14.3 Å². The molecule has 1 aliphatic carbocycles. The number of anilines is 2. The van der Waals surface area contributed by atoms with Crippen LogP contribution in [0.2, 0.25) is 0 Å². The Kier molecular flexibility index (Phi) is 7.81. The van der Waals surface area contributed by atoms with Crippen molar-refractivity contribution in [1.82, 2.24) is 15.3 Å². The van der Waals surface area contributed by atoms with Crippen LogP contribution < -0.4 is 20.3 Å². The predicted molar refractivity (Wildman–Crippen MR) is 143 cm³/mol. The monoisotopic (exact) mass is 569 g/mol. The van der Waals surface area contributed by atoms with Crippen LogP contribution in [-0.2, 0) is 11.3 Å². The average Bonchev–Trinajstić information content (AvgIpc) is 3.57. The van der Waals surface area contributed by atoms with Gasteiger partial charge in [-0.3, -0.25) is 14.6 Å². The summed E-state index contributed by atoms with van der Waals surface area (Å²) in [4.78, 5) is 38.6. The third-order valence-corrected chi connectivity index (χ3v) is 8.07. The zero-order valence-corrected chi connectivity index (χ0v) is 22.2. The number of pyridine rings is 2. The fourth-order valence-corrected chi connectivity index (χ4v) is 6.02. The molecule has 2 N–H and O–H groups in total. The molecule has 1 aliphatic heterocycles. The largest absolute Gasteiger partial charge is 0.474 e. The minimum atomic E-state index is -0.596. The highest BCUT2D eigenvalue weighted by Crippen LogP contribution is 2.34. The Bertz CT molecular complexity index is 1220. The maximum absolute atomic E-state index is 13.2. The Balaban J connectivity index is 1.26. The number of carbonyl (C=O) groups excluding carboxylic acids is 2. The predicted octanol–water partition coefficient (Wildman–Crippen LogP) is 5.02. The van der Waals surface area contributed by atoms with E-state index in [0.717, 1.165) is 34.4 Å². The summed E-state index contributed by atoms with van der Waals surface area (Å²) >= 11 is 4.93. The molecule has 10 heteroatoms. The van der Waals surface area contributed by atoms with Gasteiger partial charge in [-0.05, 0) is 58.6 Å². The van der Waals surface area contributed by atoms with Gasteiger partial charge in [0.1, 0.15) is 18.3 Å². The number of rotatable bonds is 8. The van der Waals surface area contributed by atoms with Crippen LogP contribution in [0.3, 0.4) is 0 Å². The molecule has 4 heterocycles. The third-order valence-electron chi connectivity index (χ3n) is 6.57. The number of hydrogen-bond donors (Lipinski definition) is 2. The Hall–Kier alpha value is -2.98. The first-order valence-corrected chi connectivity index (χ1v) is 13.8. The van der Waals surface area contributed by atoms with Crippen LogP contribution in [0.5, 0.6) is 5.88 Å². The van der Waals surface area contributed by atoms with E-state index in [0.29, 0.717) is 41.9 Å². The van der Waals surface area contributed by atoms with Crippen molar-refractivity contribution in [1.29, 1.82) is 0 Å². The molecule has 0 radical (unpaired) electrons. The molecule has 1 saturated carbocycles. The number of carbonyl (C=O) groups is 2. The minimum absolute atomic E-state index is 0.206. The fourth-order valence-electron chi connectivity index (χ4n) is 4.77. The average molecular weight is 571 g/mol. The maximum atomic E-state index is 13.2. The maximum Gasteiger partial charge on any atom is 0.262 e. The lowest BCUT2D eigenvalue weighted by molar-refractivity contribution is -0.118. The Morgan fingerprint density at radius 1 is 1.22 bits per heavy atom. The number of aromatic nitrogens is 2. The van der Waals surface area contributed by atoms with Gasteiger partial charge in [0.2, 0.25) is 11.8 Å². The van der Waals surface area contributed by atoms with Gasteiger partial charge in [0.05, 0.1) is 29.9 Å². The Labute approximate surface area is 222 Å². The molecule has 3 aromatic heterocycles. The quantitative estimate of drug-likeness (QED) is 0.395. The van der Waals surface area contributed by atoms with Crippen molar-refractivity contribution in [3.63, 3.8) is 0 Å². The second kappa shape index (κ2) is 11.4. The van der Waals surface area contributed by atoms with Crippen molar-refractivity contribution in [2.75, 3.05) is 23.4 Å². The molecule has 2 amide bonds. The molecule has 0 aromatic carbocycles. The molecule has 36 heavy (non-hydrogen) atoms. The Morgan fingerprint density at radius 2 is 2.08 bits per heavy atom. The van der Waals surface area contributed by atoms with Crippen molar-refractivity contribution in [3.05, 3.63) is 63.1 Å². The summed E-state index contributed by atoms with van der Waals surface area (Å²) in [6, 6.07) is 8.78. The van der Waals surface area contributed by atoms with E-state index in [4.69, 9.17) is 4.74 Å². The standard InChI is InChI=1S/C26H28BrN5O3S/c27-18-13-22-26(29-14-18)35-11-10-32(22)16-20-7-8-23(36-20)25(34)31-21(12-17-4-1-2-5-17)24(33)30-19-6-3-9-28-15-19/h3,6-9,13-15,17,21H,1-2,4-5,10-12,16H2,(H,30,33)(H,31,34)/t21-/m0/s1. The van der Waals surface area contributed by atoms with Crippen LogP contribution in [0.4, 0.5) is 11.4 Å². The van der Waals surface area contributed by atoms with Gasteiger partial charge in [-0.15, -0.1) is 11.3 Å². The molecule has 0 saturated heterocycles. The lowest BCUT2D eigenvalue weighted by atomic mass is 9.97. The normalized spacial score (nSPS) is 16.2. The van der Waals surface area contributed by atoms with Gasteiger partial charge in [0.25, 0.3) is 5.91 Å². The number of hydrogen-bond acceptors (Lipinski definition) is 7. The zero-order valence-electron chi connectivity index (χ0n) is 19.8. The summed E-state index contributed by atoms with van der Waals surface area (Å²) in [7, 11) is 0. The van der Waals surface area contributed by atoms with Gasteiger partial charge in [-0.25, -0.2) is 4.98 Å². The first-order valence-electron chi connectivity index (χ1n) is 12.2. The van der Waals surface area contributed by atoms with E-state index >= 15 is 0 Å². The molecule has 8 nitrogen and oxygen atoms in total. The number of amides is 2. The molecule has 0 bridgehead atoms. The lowest BCUT2D eigenvalue weighted by Crippen LogP contribution is -2.44. The second-order valence-electron chi connectivity index (χ2n) is 9.16.